The number of aryl methyl sites for hydroxylation is 1. The van der Waals surface area contributed by atoms with Crippen LogP contribution in [0.25, 0.3) is 0 Å². The van der Waals surface area contributed by atoms with Gasteiger partial charge in [0.15, 0.2) is 0 Å². The molecule has 0 saturated carbocycles. The molecule has 0 atom stereocenters. The second-order valence-electron chi connectivity index (χ2n) is 1.67. The van der Waals surface area contributed by atoms with Crippen LogP contribution in [0.1, 0.15) is 10.6 Å². The van der Waals surface area contributed by atoms with Gasteiger partial charge in [0.2, 0.25) is 5.82 Å². The minimum absolute atomic E-state index is 0. The van der Waals surface area contributed by atoms with E-state index in [0.29, 0.717) is 0 Å². The van der Waals surface area contributed by atoms with Crippen molar-refractivity contribution in [2.24, 2.45) is 7.05 Å². The van der Waals surface area contributed by atoms with E-state index in [1.54, 1.807) is 13.2 Å². The van der Waals surface area contributed by atoms with Crippen LogP contribution in [0.15, 0.2) is 12.4 Å². The summed E-state index contributed by atoms with van der Waals surface area (Å²) in [6.07, 6.45) is 3.03. The first kappa shape index (κ1) is 9.28. The molecular formula is C5H6LiN2O2. The molecule has 0 saturated heterocycles. The second kappa shape index (κ2) is 3.45. The molecule has 0 bridgehead atoms. The van der Waals surface area contributed by atoms with E-state index in [0.717, 1.165) is 0 Å². The van der Waals surface area contributed by atoms with Crippen molar-refractivity contribution in [1.29, 1.82) is 0 Å². The Morgan fingerprint density at radius 2 is 2.40 bits per heavy atom. The van der Waals surface area contributed by atoms with Crippen molar-refractivity contribution in [3.63, 3.8) is 0 Å². The molecule has 1 rings (SSSR count). The molecule has 1 N–H and O–H groups in total. The summed E-state index contributed by atoms with van der Waals surface area (Å²) in [5, 5.41) is 8.37. The summed E-state index contributed by atoms with van der Waals surface area (Å²) in [6.45, 7) is 0. The van der Waals surface area contributed by atoms with Crippen molar-refractivity contribution >= 4 is 24.8 Å². The van der Waals surface area contributed by atoms with Crippen LogP contribution in [0.3, 0.4) is 0 Å². The molecule has 1 radical (unpaired) electrons. The van der Waals surface area contributed by atoms with Gasteiger partial charge in [-0.25, -0.2) is 9.78 Å². The van der Waals surface area contributed by atoms with E-state index in [4.69, 9.17) is 5.11 Å². The summed E-state index contributed by atoms with van der Waals surface area (Å²) < 4.78 is 1.45. The Hall–Kier alpha value is -0.723. The molecule has 1 heterocycles. The quantitative estimate of drug-likeness (QED) is 0.537. The minimum Gasteiger partial charge on any atom is -0.475 e. The van der Waals surface area contributed by atoms with E-state index in [2.05, 4.69) is 4.98 Å². The fourth-order valence-corrected chi connectivity index (χ4v) is 0.572. The van der Waals surface area contributed by atoms with Crippen molar-refractivity contribution in [2.75, 3.05) is 0 Å². The molecule has 10 heavy (non-hydrogen) atoms. The molecule has 0 aliphatic rings. The number of aromatic carboxylic acids is 1. The third kappa shape index (κ3) is 1.63. The van der Waals surface area contributed by atoms with Gasteiger partial charge >= 0.3 is 5.97 Å². The molecule has 1 aromatic heterocycles. The number of carbonyl (C=O) groups is 1. The molecule has 0 spiro atoms. The van der Waals surface area contributed by atoms with Gasteiger partial charge in [0.25, 0.3) is 0 Å². The van der Waals surface area contributed by atoms with Gasteiger partial charge in [0.1, 0.15) is 0 Å². The van der Waals surface area contributed by atoms with Crippen molar-refractivity contribution in [1.82, 2.24) is 9.55 Å². The third-order valence-corrected chi connectivity index (χ3v) is 1.01. The van der Waals surface area contributed by atoms with Gasteiger partial charge in [-0.3, -0.25) is 0 Å². The van der Waals surface area contributed by atoms with E-state index in [-0.39, 0.29) is 24.7 Å². The van der Waals surface area contributed by atoms with Gasteiger partial charge in [-0.1, -0.05) is 0 Å². The smallest absolute Gasteiger partial charge is 0.372 e. The molecule has 0 amide bonds. The van der Waals surface area contributed by atoms with Gasteiger partial charge in [0, 0.05) is 38.3 Å². The number of hydrogen-bond acceptors (Lipinski definition) is 2. The van der Waals surface area contributed by atoms with Crippen molar-refractivity contribution < 1.29 is 9.90 Å². The number of imidazole rings is 1. The molecule has 49 valence electrons. The zero-order valence-electron chi connectivity index (χ0n) is 5.90. The Morgan fingerprint density at radius 3 is 2.60 bits per heavy atom. The SMILES string of the molecule is Cn1ccnc1C(=O)O.[Li]. The molecule has 0 aromatic carbocycles. The summed E-state index contributed by atoms with van der Waals surface area (Å²) in [5.41, 5.74) is 0. The summed E-state index contributed by atoms with van der Waals surface area (Å²) in [6, 6.07) is 0. The number of aromatic nitrogens is 2. The normalized spacial score (nSPS) is 8.50. The second-order valence-corrected chi connectivity index (χ2v) is 1.67. The molecule has 4 nitrogen and oxygen atoms in total. The monoisotopic (exact) mass is 133 g/mol. The summed E-state index contributed by atoms with van der Waals surface area (Å²) in [5.74, 6) is -0.933. The fraction of sp³-hybridized carbons (Fsp3) is 0.200. The Balaban J connectivity index is 0.000000810. The number of carboxylic acid groups (broad SMARTS) is 1. The summed E-state index contributed by atoms with van der Waals surface area (Å²) >= 11 is 0. The molecule has 0 aliphatic heterocycles. The number of hydrogen-bond donors (Lipinski definition) is 1. The maximum Gasteiger partial charge on any atom is 0.372 e. The molecular weight excluding hydrogens is 127 g/mol. The van der Waals surface area contributed by atoms with E-state index in [1.807, 2.05) is 0 Å². The van der Waals surface area contributed by atoms with Crippen molar-refractivity contribution in [2.45, 2.75) is 0 Å². The number of carboxylic acids is 1. The zero-order valence-corrected chi connectivity index (χ0v) is 5.90. The van der Waals surface area contributed by atoms with Gasteiger partial charge < -0.3 is 9.67 Å². The van der Waals surface area contributed by atoms with Crippen molar-refractivity contribution in [3.8, 4) is 0 Å². The summed E-state index contributed by atoms with van der Waals surface area (Å²) in [4.78, 5) is 13.8. The number of nitrogens with zero attached hydrogens (tertiary/aromatic N) is 2. The van der Waals surface area contributed by atoms with Crippen LogP contribution in [-0.4, -0.2) is 39.5 Å². The van der Waals surface area contributed by atoms with Crippen LogP contribution in [0.5, 0.6) is 0 Å². The Labute approximate surface area is 70.1 Å². The van der Waals surface area contributed by atoms with Gasteiger partial charge in [-0.15, -0.1) is 0 Å². The average Bonchev–Trinajstić information content (AvgIpc) is 2.13. The maximum absolute atomic E-state index is 10.2. The predicted octanol–water partition coefficient (Wildman–Crippen LogP) is -0.263. The molecule has 0 unspecified atom stereocenters. The largest absolute Gasteiger partial charge is 0.475 e. The average molecular weight is 133 g/mol. The molecule has 0 aliphatic carbocycles. The standard InChI is InChI=1S/C5H6N2O2.Li/c1-7-3-2-6-4(7)5(8)9;/h2-3H,1H3,(H,8,9);. The van der Waals surface area contributed by atoms with E-state index in [9.17, 15) is 4.79 Å². The van der Waals surface area contributed by atoms with E-state index < -0.39 is 5.97 Å². The maximum atomic E-state index is 10.2. The van der Waals surface area contributed by atoms with Crippen LogP contribution >= 0.6 is 0 Å². The van der Waals surface area contributed by atoms with Crippen LogP contribution in [-0.2, 0) is 7.05 Å². The van der Waals surface area contributed by atoms with Gasteiger partial charge in [-0.05, 0) is 0 Å². The molecule has 1 aromatic rings. The Morgan fingerprint density at radius 1 is 1.80 bits per heavy atom. The van der Waals surface area contributed by atoms with Crippen LogP contribution in [0.4, 0.5) is 0 Å². The number of rotatable bonds is 1. The van der Waals surface area contributed by atoms with Crippen LogP contribution < -0.4 is 0 Å². The van der Waals surface area contributed by atoms with Gasteiger partial charge in [-0.2, -0.15) is 0 Å². The van der Waals surface area contributed by atoms with E-state index >= 15 is 0 Å². The molecule has 0 fully saturated rings. The van der Waals surface area contributed by atoms with Gasteiger partial charge in [0.05, 0.1) is 0 Å². The van der Waals surface area contributed by atoms with E-state index in [1.165, 1.54) is 10.8 Å². The summed E-state index contributed by atoms with van der Waals surface area (Å²) in [7, 11) is 1.64. The Bertz CT molecular complexity index is 233. The first-order valence-corrected chi connectivity index (χ1v) is 2.42. The topological polar surface area (TPSA) is 55.1 Å². The zero-order chi connectivity index (χ0) is 6.85. The predicted molar refractivity (Wildman–Crippen MR) is 35.9 cm³/mol. The van der Waals surface area contributed by atoms with Crippen LogP contribution in [0, 0.1) is 0 Å². The van der Waals surface area contributed by atoms with Crippen molar-refractivity contribution in [3.05, 3.63) is 18.2 Å². The van der Waals surface area contributed by atoms with Crippen LogP contribution in [0.2, 0.25) is 0 Å². The fourth-order valence-electron chi connectivity index (χ4n) is 0.572. The third-order valence-electron chi connectivity index (χ3n) is 1.01. The molecule has 5 heteroatoms. The first-order chi connectivity index (χ1) is 4.22. The minimum atomic E-state index is -0.998. The first-order valence-electron chi connectivity index (χ1n) is 2.42. The Kier molecular flexibility index (Phi) is 3.20.